The first-order valence-electron chi connectivity index (χ1n) is 14.7. The van der Waals surface area contributed by atoms with E-state index in [0.29, 0.717) is 13.2 Å². The van der Waals surface area contributed by atoms with E-state index in [1.54, 1.807) is 26.4 Å². The minimum absolute atomic E-state index is 0.0188. The van der Waals surface area contributed by atoms with Crippen molar-refractivity contribution >= 4 is 16.9 Å². The van der Waals surface area contributed by atoms with Crippen LogP contribution in [0.4, 0.5) is 4.39 Å². The maximum absolute atomic E-state index is 14.3. The molecule has 2 aliphatic heterocycles. The molecule has 7 rings (SSSR count). The van der Waals surface area contributed by atoms with Crippen molar-refractivity contribution in [3.63, 3.8) is 0 Å². The number of hydrogen-bond donors (Lipinski definition) is 0. The molecule has 0 fully saturated rings. The fraction of sp³-hybridized carbons (Fsp3) is 0.250. The second-order valence-electron chi connectivity index (χ2n) is 11.2. The lowest BCUT2D eigenvalue weighted by Crippen LogP contribution is -2.40. The molecule has 1 atom stereocenters. The normalized spacial score (nSPS) is 15.7. The third-order valence-electron chi connectivity index (χ3n) is 8.79. The number of ether oxygens (including phenoxy) is 4. The molecule has 0 radical (unpaired) electrons. The zero-order valence-electron chi connectivity index (χ0n) is 24.7. The largest absolute Gasteiger partial charge is 0.497 e. The summed E-state index contributed by atoms with van der Waals surface area (Å²) in [4.78, 5) is 15.3. The number of halogens is 1. The van der Waals surface area contributed by atoms with E-state index in [1.807, 2.05) is 53.1 Å². The Morgan fingerprint density at radius 1 is 0.932 bits per heavy atom. The van der Waals surface area contributed by atoms with Crippen LogP contribution in [0.25, 0.3) is 10.9 Å². The molecule has 7 nitrogen and oxygen atoms in total. The van der Waals surface area contributed by atoms with Crippen LogP contribution in [0.2, 0.25) is 0 Å². The monoisotopic (exact) mass is 592 g/mol. The highest BCUT2D eigenvalue weighted by Gasteiger charge is 2.36. The highest BCUT2D eigenvalue weighted by Crippen LogP contribution is 2.45. The number of methoxy groups -OCH3 is 2. The number of carbonyl (C=O) groups excluding carboxylic acids is 1. The number of carbonyl (C=O) groups is 1. The second-order valence-corrected chi connectivity index (χ2v) is 11.2. The van der Waals surface area contributed by atoms with Crippen LogP contribution >= 0.6 is 0 Å². The van der Waals surface area contributed by atoms with Crippen LogP contribution in [0, 0.1) is 5.82 Å². The molecule has 0 aliphatic carbocycles. The van der Waals surface area contributed by atoms with Gasteiger partial charge in [0.1, 0.15) is 18.2 Å². The topological polar surface area (TPSA) is 62.2 Å². The van der Waals surface area contributed by atoms with Crippen molar-refractivity contribution in [2.45, 2.75) is 38.8 Å². The van der Waals surface area contributed by atoms with Crippen LogP contribution in [0.1, 0.15) is 44.3 Å². The van der Waals surface area contributed by atoms with Crippen LogP contribution < -0.4 is 14.2 Å². The summed E-state index contributed by atoms with van der Waals surface area (Å²) in [5.74, 6) is 0.938. The summed E-state index contributed by atoms with van der Waals surface area (Å²) < 4.78 is 39.6. The van der Waals surface area contributed by atoms with Crippen molar-refractivity contribution in [3.05, 3.63) is 124 Å². The van der Waals surface area contributed by atoms with Gasteiger partial charge in [0, 0.05) is 30.2 Å². The number of benzene rings is 4. The van der Waals surface area contributed by atoms with Gasteiger partial charge >= 0.3 is 5.97 Å². The van der Waals surface area contributed by atoms with Gasteiger partial charge in [-0.3, -0.25) is 4.90 Å². The third-order valence-corrected chi connectivity index (χ3v) is 8.79. The van der Waals surface area contributed by atoms with Gasteiger partial charge in [0.2, 0.25) is 0 Å². The van der Waals surface area contributed by atoms with Gasteiger partial charge in [0.15, 0.2) is 18.2 Å². The van der Waals surface area contributed by atoms with Gasteiger partial charge in [-0.15, -0.1) is 0 Å². The Balaban J connectivity index is 1.23. The van der Waals surface area contributed by atoms with Crippen LogP contribution in [0.5, 0.6) is 17.2 Å². The lowest BCUT2D eigenvalue weighted by molar-refractivity contribution is 0.0360. The van der Waals surface area contributed by atoms with E-state index >= 15 is 0 Å². The molecule has 0 N–H and O–H groups in total. The second kappa shape index (κ2) is 11.7. The lowest BCUT2D eigenvalue weighted by atomic mass is 9.85. The van der Waals surface area contributed by atoms with Crippen LogP contribution in [-0.4, -0.2) is 36.2 Å². The Morgan fingerprint density at radius 2 is 1.75 bits per heavy atom. The molecule has 1 aromatic heterocycles. The van der Waals surface area contributed by atoms with Crippen LogP contribution in [-0.2, 0) is 37.5 Å². The van der Waals surface area contributed by atoms with Crippen molar-refractivity contribution in [1.29, 1.82) is 0 Å². The highest BCUT2D eigenvalue weighted by molar-refractivity contribution is 5.90. The zero-order valence-corrected chi connectivity index (χ0v) is 24.7. The summed E-state index contributed by atoms with van der Waals surface area (Å²) >= 11 is 0. The van der Waals surface area contributed by atoms with E-state index in [-0.39, 0.29) is 18.3 Å². The van der Waals surface area contributed by atoms with Crippen LogP contribution in [0.3, 0.4) is 0 Å². The van der Waals surface area contributed by atoms with Gasteiger partial charge in [-0.05, 0) is 77.6 Å². The Kier molecular flexibility index (Phi) is 7.44. The minimum atomic E-state index is -0.690. The van der Waals surface area contributed by atoms with E-state index < -0.39 is 11.8 Å². The summed E-state index contributed by atoms with van der Waals surface area (Å²) in [5, 5.41) is 1.06. The highest BCUT2D eigenvalue weighted by atomic mass is 19.1. The fourth-order valence-corrected chi connectivity index (χ4v) is 6.55. The predicted molar refractivity (Wildman–Crippen MR) is 165 cm³/mol. The number of nitrogens with zero attached hydrogens (tertiary/aromatic N) is 2. The SMILES string of the molecule is COc1ccc2c(c1)c1c(n2COC(=O)c2ccccc2F)CN2CCc3cc(OC)c(OCc4ccccc4)cc3C2C1. The number of esters is 1. The van der Waals surface area contributed by atoms with Crippen molar-refractivity contribution in [3.8, 4) is 17.2 Å². The molecule has 3 heterocycles. The molecule has 8 heteroatoms. The van der Waals surface area contributed by atoms with Crippen molar-refractivity contribution < 1.29 is 28.1 Å². The molecule has 0 spiro atoms. The lowest BCUT2D eigenvalue weighted by Gasteiger charge is -2.41. The number of aromatic nitrogens is 1. The van der Waals surface area contributed by atoms with Gasteiger partial charge in [-0.2, -0.15) is 0 Å². The standard InChI is InChI=1S/C36H33FN2O5/c1-41-25-12-13-31-28(17-25)29-18-32-27-19-35(43-21-23-8-4-3-5-9-23)34(42-2)16-24(27)14-15-38(32)20-33(29)39(31)22-44-36(40)26-10-6-7-11-30(26)37/h3-13,16-17,19,32H,14-15,18,20-22H2,1-2H3. The molecule has 1 unspecified atom stereocenters. The van der Waals surface area contributed by atoms with Gasteiger partial charge in [-0.1, -0.05) is 42.5 Å². The smallest absolute Gasteiger partial charge is 0.342 e. The van der Waals surface area contributed by atoms with E-state index in [4.69, 9.17) is 18.9 Å². The number of rotatable bonds is 8. The van der Waals surface area contributed by atoms with Gasteiger partial charge in [0.25, 0.3) is 0 Å². The van der Waals surface area contributed by atoms with E-state index in [1.165, 1.54) is 28.8 Å². The zero-order chi connectivity index (χ0) is 30.2. The molecule has 5 aromatic rings. The van der Waals surface area contributed by atoms with Gasteiger partial charge in [-0.25, -0.2) is 9.18 Å². The summed E-state index contributed by atoms with van der Waals surface area (Å²) in [6, 6.07) is 26.3. The molecule has 224 valence electrons. The number of hydrogen-bond acceptors (Lipinski definition) is 6. The average molecular weight is 593 g/mol. The van der Waals surface area contributed by atoms with E-state index in [2.05, 4.69) is 17.0 Å². The average Bonchev–Trinajstić information content (AvgIpc) is 3.36. The van der Waals surface area contributed by atoms with Crippen LogP contribution in [0.15, 0.2) is 84.9 Å². The summed E-state index contributed by atoms with van der Waals surface area (Å²) in [5.41, 5.74) is 6.74. The maximum Gasteiger partial charge on any atom is 0.342 e. The molecule has 0 amide bonds. The van der Waals surface area contributed by atoms with E-state index in [9.17, 15) is 9.18 Å². The third kappa shape index (κ3) is 5.05. The Bertz CT molecular complexity index is 1850. The minimum Gasteiger partial charge on any atom is -0.497 e. The molecule has 2 aliphatic rings. The summed E-state index contributed by atoms with van der Waals surface area (Å²) in [7, 11) is 3.34. The maximum atomic E-state index is 14.3. The van der Waals surface area contributed by atoms with Gasteiger partial charge < -0.3 is 23.5 Å². The van der Waals surface area contributed by atoms with Gasteiger partial charge in [0.05, 0.1) is 25.3 Å². The quantitative estimate of drug-likeness (QED) is 0.184. The molecular formula is C36H33FN2O5. The first-order valence-corrected chi connectivity index (χ1v) is 14.7. The first-order chi connectivity index (χ1) is 21.5. The first kappa shape index (κ1) is 28.0. The molecule has 4 aromatic carbocycles. The van der Waals surface area contributed by atoms with Crippen molar-refractivity contribution in [2.24, 2.45) is 0 Å². The molecule has 0 saturated carbocycles. The Hall–Kier alpha value is -4.82. The van der Waals surface area contributed by atoms with E-state index in [0.717, 1.165) is 58.8 Å². The molecule has 0 bridgehead atoms. The Labute approximate surface area is 255 Å². The Morgan fingerprint density at radius 3 is 2.55 bits per heavy atom. The van der Waals surface area contributed by atoms with Crippen molar-refractivity contribution in [2.75, 3.05) is 20.8 Å². The molecule has 44 heavy (non-hydrogen) atoms. The fourth-order valence-electron chi connectivity index (χ4n) is 6.55. The van der Waals surface area contributed by atoms with Crippen molar-refractivity contribution in [1.82, 2.24) is 9.47 Å². The molecule has 0 saturated heterocycles. The summed E-state index contributed by atoms with van der Waals surface area (Å²) in [6.07, 6.45) is 1.65. The number of fused-ring (bicyclic) bond motifs is 6. The predicted octanol–water partition coefficient (Wildman–Crippen LogP) is 6.85. The molecular weight excluding hydrogens is 559 g/mol. The summed E-state index contributed by atoms with van der Waals surface area (Å²) in [6.45, 7) is 1.99.